The monoisotopic (exact) mass is 432 g/mol. The summed E-state index contributed by atoms with van der Waals surface area (Å²) in [6.07, 6.45) is 0. The molecule has 2 aromatic carbocycles. The average Bonchev–Trinajstić information content (AvgIpc) is 3.16. The number of hydrogen-bond acceptors (Lipinski definition) is 6. The number of aryl methyl sites for hydroxylation is 1. The molecular formula is C21H21ClN2O4S. The topological polar surface area (TPSA) is 68.7 Å². The number of likely N-dealkylation sites (N-methyl/N-ethyl adjacent to an activating group) is 1. The number of halogens is 1. The average molecular weight is 433 g/mol. The highest BCUT2D eigenvalue weighted by Gasteiger charge is 2.21. The highest BCUT2D eigenvalue weighted by Crippen LogP contribution is 2.28. The lowest BCUT2D eigenvalue weighted by molar-refractivity contribution is -0.153. The molecule has 0 aliphatic rings. The minimum Gasteiger partial charge on any atom is -0.482 e. The van der Waals surface area contributed by atoms with Gasteiger partial charge in [0.05, 0.1) is 16.3 Å². The number of aromatic nitrogens is 1. The van der Waals surface area contributed by atoms with Gasteiger partial charge in [0.25, 0.3) is 5.91 Å². The fourth-order valence-electron chi connectivity index (χ4n) is 2.59. The maximum atomic E-state index is 12.4. The van der Waals surface area contributed by atoms with Gasteiger partial charge in [-0.3, -0.25) is 4.79 Å². The predicted molar refractivity (Wildman–Crippen MR) is 113 cm³/mol. The molecule has 1 atom stereocenters. The molecule has 0 bridgehead atoms. The van der Waals surface area contributed by atoms with Crippen LogP contribution in [-0.2, 0) is 14.3 Å². The third-order valence-corrected chi connectivity index (χ3v) is 6.12. The first-order valence-corrected chi connectivity index (χ1v) is 10.2. The van der Waals surface area contributed by atoms with Crippen molar-refractivity contribution in [1.82, 2.24) is 9.88 Å². The van der Waals surface area contributed by atoms with E-state index in [2.05, 4.69) is 4.98 Å². The molecule has 0 saturated carbocycles. The van der Waals surface area contributed by atoms with Crippen molar-refractivity contribution < 1.29 is 19.1 Å². The van der Waals surface area contributed by atoms with Crippen LogP contribution in [-0.4, -0.2) is 42.0 Å². The highest BCUT2D eigenvalue weighted by atomic mass is 35.5. The van der Waals surface area contributed by atoms with Gasteiger partial charge in [0.1, 0.15) is 10.8 Å². The van der Waals surface area contributed by atoms with Gasteiger partial charge < -0.3 is 14.4 Å². The Kier molecular flexibility index (Phi) is 6.71. The molecule has 0 fully saturated rings. The molecule has 0 aliphatic heterocycles. The molecule has 29 heavy (non-hydrogen) atoms. The lowest BCUT2D eigenvalue weighted by Crippen LogP contribution is -2.34. The maximum Gasteiger partial charge on any atom is 0.344 e. The molecule has 0 aliphatic carbocycles. The van der Waals surface area contributed by atoms with Crippen molar-refractivity contribution in [2.24, 2.45) is 0 Å². The van der Waals surface area contributed by atoms with Crippen molar-refractivity contribution >= 4 is 45.0 Å². The minimum atomic E-state index is -0.619. The van der Waals surface area contributed by atoms with E-state index in [1.165, 1.54) is 4.90 Å². The Morgan fingerprint density at radius 1 is 1.21 bits per heavy atom. The van der Waals surface area contributed by atoms with E-state index >= 15 is 0 Å². The summed E-state index contributed by atoms with van der Waals surface area (Å²) >= 11 is 7.50. The summed E-state index contributed by atoms with van der Waals surface area (Å²) in [4.78, 5) is 30.4. The smallest absolute Gasteiger partial charge is 0.344 e. The van der Waals surface area contributed by atoms with Crippen LogP contribution in [0.5, 0.6) is 5.75 Å². The zero-order chi connectivity index (χ0) is 21.0. The SMILES string of the molecule is Cc1cc(OCC(=O)OCC(=O)N(C)[C@H](C)c2nc3ccccc3s2)ccc1Cl. The number of amides is 1. The Labute approximate surface area is 178 Å². The molecule has 1 aromatic heterocycles. The van der Waals surface area contributed by atoms with E-state index in [9.17, 15) is 9.59 Å². The molecule has 6 nitrogen and oxygen atoms in total. The van der Waals surface area contributed by atoms with Crippen LogP contribution in [0, 0.1) is 6.92 Å². The van der Waals surface area contributed by atoms with E-state index < -0.39 is 5.97 Å². The van der Waals surface area contributed by atoms with Crippen LogP contribution in [0.2, 0.25) is 5.02 Å². The Balaban J connectivity index is 1.49. The lowest BCUT2D eigenvalue weighted by Gasteiger charge is -2.23. The number of hydrogen-bond donors (Lipinski definition) is 0. The summed E-state index contributed by atoms with van der Waals surface area (Å²) < 4.78 is 11.5. The summed E-state index contributed by atoms with van der Waals surface area (Å²) in [5, 5.41) is 1.45. The molecular weight excluding hydrogens is 412 g/mol. The van der Waals surface area contributed by atoms with Crippen LogP contribution in [0.15, 0.2) is 42.5 Å². The third-order valence-electron chi connectivity index (χ3n) is 4.48. The Hall–Kier alpha value is -2.64. The van der Waals surface area contributed by atoms with Crippen LogP contribution < -0.4 is 4.74 Å². The number of thiazole rings is 1. The molecule has 152 valence electrons. The molecule has 0 unspecified atom stereocenters. The zero-order valence-electron chi connectivity index (χ0n) is 16.3. The number of carbonyl (C=O) groups is 2. The maximum absolute atomic E-state index is 12.4. The van der Waals surface area contributed by atoms with Crippen molar-refractivity contribution in [3.63, 3.8) is 0 Å². The number of para-hydroxylation sites is 1. The van der Waals surface area contributed by atoms with Crippen LogP contribution in [0.4, 0.5) is 0 Å². The Bertz CT molecular complexity index is 1000. The largest absolute Gasteiger partial charge is 0.482 e. The summed E-state index contributed by atoms with van der Waals surface area (Å²) in [6, 6.07) is 12.7. The molecule has 8 heteroatoms. The second kappa shape index (κ2) is 9.24. The van der Waals surface area contributed by atoms with Gasteiger partial charge in [-0.05, 0) is 49.7 Å². The third kappa shape index (κ3) is 5.25. The number of benzene rings is 2. The molecule has 0 spiro atoms. The molecule has 0 radical (unpaired) electrons. The summed E-state index contributed by atoms with van der Waals surface area (Å²) in [6.45, 7) is 3.09. The molecule has 3 aromatic rings. The van der Waals surface area contributed by atoms with Gasteiger partial charge in [-0.25, -0.2) is 9.78 Å². The normalized spacial score (nSPS) is 11.9. The molecule has 0 N–H and O–H groups in total. The number of nitrogens with zero attached hydrogens (tertiary/aromatic N) is 2. The van der Waals surface area contributed by atoms with Gasteiger partial charge in [0.15, 0.2) is 13.2 Å². The Morgan fingerprint density at radius 3 is 2.69 bits per heavy atom. The van der Waals surface area contributed by atoms with Crippen molar-refractivity contribution in [1.29, 1.82) is 0 Å². The predicted octanol–water partition coefficient (Wildman–Crippen LogP) is 4.40. The number of rotatable bonds is 7. The first-order chi connectivity index (χ1) is 13.8. The second-order valence-corrected chi connectivity index (χ2v) is 8.03. The summed E-state index contributed by atoms with van der Waals surface area (Å²) in [7, 11) is 1.67. The molecule has 1 heterocycles. The van der Waals surface area contributed by atoms with E-state index in [4.69, 9.17) is 21.1 Å². The molecule has 1 amide bonds. The zero-order valence-corrected chi connectivity index (χ0v) is 17.9. The lowest BCUT2D eigenvalue weighted by atomic mass is 10.2. The van der Waals surface area contributed by atoms with Gasteiger partial charge in [-0.1, -0.05) is 23.7 Å². The van der Waals surface area contributed by atoms with E-state index in [0.717, 1.165) is 20.8 Å². The Morgan fingerprint density at radius 2 is 1.97 bits per heavy atom. The number of carbonyl (C=O) groups excluding carboxylic acids is 2. The minimum absolute atomic E-state index is 0.230. The molecule has 3 rings (SSSR count). The van der Waals surface area contributed by atoms with E-state index in [-0.39, 0.29) is 25.2 Å². The fourth-order valence-corrected chi connectivity index (χ4v) is 3.77. The van der Waals surface area contributed by atoms with Crippen LogP contribution in [0.25, 0.3) is 10.2 Å². The van der Waals surface area contributed by atoms with Crippen molar-refractivity contribution in [3.8, 4) is 5.75 Å². The van der Waals surface area contributed by atoms with Gasteiger partial charge in [-0.15, -0.1) is 11.3 Å². The number of fused-ring (bicyclic) bond motifs is 1. The summed E-state index contributed by atoms with van der Waals surface area (Å²) in [5.41, 5.74) is 1.75. The van der Waals surface area contributed by atoms with E-state index in [0.29, 0.717) is 10.8 Å². The number of esters is 1. The van der Waals surface area contributed by atoms with Gasteiger partial charge in [0.2, 0.25) is 0 Å². The standard InChI is InChI=1S/C21H21ClN2O4S/c1-13-10-15(8-9-16(13)22)27-12-20(26)28-11-19(25)24(3)14(2)21-23-17-6-4-5-7-18(17)29-21/h4-10,14H,11-12H2,1-3H3/t14-/m1/s1. The van der Waals surface area contributed by atoms with Crippen LogP contribution in [0.1, 0.15) is 23.5 Å². The highest BCUT2D eigenvalue weighted by molar-refractivity contribution is 7.18. The van der Waals surface area contributed by atoms with Crippen molar-refractivity contribution in [2.75, 3.05) is 20.3 Å². The van der Waals surface area contributed by atoms with Crippen molar-refractivity contribution in [3.05, 3.63) is 58.1 Å². The van der Waals surface area contributed by atoms with E-state index in [1.807, 2.05) is 38.1 Å². The number of ether oxygens (including phenoxy) is 2. The van der Waals surface area contributed by atoms with Gasteiger partial charge in [0, 0.05) is 12.1 Å². The summed E-state index contributed by atoms with van der Waals surface area (Å²) in [5.74, 6) is -0.420. The van der Waals surface area contributed by atoms with Crippen molar-refractivity contribution in [2.45, 2.75) is 19.9 Å². The first-order valence-electron chi connectivity index (χ1n) is 9.01. The van der Waals surface area contributed by atoms with Crippen LogP contribution in [0.3, 0.4) is 0 Å². The second-order valence-electron chi connectivity index (χ2n) is 6.56. The van der Waals surface area contributed by atoms with Gasteiger partial charge in [-0.2, -0.15) is 0 Å². The first kappa shape index (κ1) is 21.1. The quantitative estimate of drug-likeness (QED) is 0.517. The fraction of sp³-hybridized carbons (Fsp3) is 0.286. The van der Waals surface area contributed by atoms with Gasteiger partial charge >= 0.3 is 5.97 Å². The molecule has 0 saturated heterocycles. The van der Waals surface area contributed by atoms with Crippen LogP contribution >= 0.6 is 22.9 Å². The van der Waals surface area contributed by atoms with E-state index in [1.54, 1.807) is 36.6 Å².